The van der Waals surface area contributed by atoms with E-state index < -0.39 is 0 Å². The van der Waals surface area contributed by atoms with Crippen LogP contribution in [0.5, 0.6) is 0 Å². The number of carbonyl (C=O) groups excluding carboxylic acids is 4. The molecule has 0 saturated heterocycles. The molecule has 0 radical (unpaired) electrons. The molecule has 0 bridgehead atoms. The van der Waals surface area contributed by atoms with Crippen molar-refractivity contribution in [1.29, 1.82) is 0 Å². The Morgan fingerprint density at radius 2 is 0.704 bits per heavy atom. The fourth-order valence-corrected chi connectivity index (χ4v) is 8.54. The Hall–Kier alpha value is -5.42. The van der Waals surface area contributed by atoms with Gasteiger partial charge >= 0.3 is 0 Å². The van der Waals surface area contributed by atoms with Gasteiger partial charge in [-0.1, -0.05) is 145 Å². The van der Waals surface area contributed by atoms with Crippen LogP contribution in [0.4, 0.5) is 0 Å². The van der Waals surface area contributed by atoms with Crippen LogP contribution < -0.4 is 0 Å². The highest BCUT2D eigenvalue weighted by Gasteiger charge is 2.38. The Labute approximate surface area is 325 Å². The molecule has 0 aliphatic heterocycles. The van der Waals surface area contributed by atoms with Crippen LogP contribution in [-0.4, -0.2) is 23.1 Å². The van der Waals surface area contributed by atoms with Crippen molar-refractivity contribution in [2.24, 2.45) is 0 Å². The number of carbonyl (C=O) groups is 4. The summed E-state index contributed by atoms with van der Waals surface area (Å²) in [5, 5.41) is 1.33. The van der Waals surface area contributed by atoms with Gasteiger partial charge in [-0.05, 0) is 71.5 Å². The van der Waals surface area contributed by atoms with E-state index in [9.17, 15) is 19.2 Å². The maximum atomic E-state index is 13.0. The van der Waals surface area contributed by atoms with Crippen LogP contribution in [0.1, 0.15) is 116 Å². The fourth-order valence-electron chi connectivity index (χ4n) is 8.29. The molecule has 6 heteroatoms. The summed E-state index contributed by atoms with van der Waals surface area (Å²) >= 11 is 12.2. The Balaban J connectivity index is 0.000000167. The Kier molecular flexibility index (Phi) is 10.9. The molecular formula is C48H38Cl2O4. The van der Waals surface area contributed by atoms with Gasteiger partial charge < -0.3 is 9.59 Å². The number of halogens is 2. The van der Waals surface area contributed by atoms with E-state index in [0.717, 1.165) is 55.6 Å². The smallest absolute Gasteiger partial charge is 0.193 e. The van der Waals surface area contributed by atoms with Gasteiger partial charge in [0.25, 0.3) is 0 Å². The third-order valence-corrected chi connectivity index (χ3v) is 11.1. The summed E-state index contributed by atoms with van der Waals surface area (Å²) < 4.78 is 0. The van der Waals surface area contributed by atoms with Crippen molar-refractivity contribution in [3.63, 3.8) is 0 Å². The summed E-state index contributed by atoms with van der Waals surface area (Å²) in [4.78, 5) is 50.3. The van der Waals surface area contributed by atoms with E-state index in [0.29, 0.717) is 22.9 Å². The number of rotatable bonds is 8. The van der Waals surface area contributed by atoms with Gasteiger partial charge in [-0.3, -0.25) is 9.59 Å². The highest BCUT2D eigenvalue weighted by molar-refractivity contribution is 6.30. The van der Waals surface area contributed by atoms with Crippen LogP contribution in [0.25, 0.3) is 0 Å². The predicted octanol–water partition coefficient (Wildman–Crippen LogP) is 11.6. The van der Waals surface area contributed by atoms with E-state index in [1.165, 1.54) is 0 Å². The molecule has 6 aromatic rings. The first-order valence-corrected chi connectivity index (χ1v) is 18.8. The molecule has 54 heavy (non-hydrogen) atoms. The molecule has 0 fully saturated rings. The van der Waals surface area contributed by atoms with E-state index in [1.807, 2.05) is 146 Å². The van der Waals surface area contributed by atoms with Gasteiger partial charge in [0.1, 0.15) is 11.6 Å². The van der Waals surface area contributed by atoms with Crippen molar-refractivity contribution < 1.29 is 19.2 Å². The molecule has 0 spiro atoms. The Morgan fingerprint density at radius 3 is 0.963 bits per heavy atom. The second-order valence-electron chi connectivity index (χ2n) is 14.1. The Bertz CT molecular complexity index is 2110. The summed E-state index contributed by atoms with van der Waals surface area (Å²) in [6.45, 7) is 3.24. The van der Waals surface area contributed by atoms with Crippen molar-refractivity contribution in [3.8, 4) is 0 Å². The lowest BCUT2D eigenvalue weighted by Crippen LogP contribution is -2.25. The zero-order valence-corrected chi connectivity index (χ0v) is 31.5. The first-order valence-electron chi connectivity index (χ1n) is 18.1. The van der Waals surface area contributed by atoms with Crippen molar-refractivity contribution in [3.05, 3.63) is 211 Å². The van der Waals surface area contributed by atoms with E-state index in [-0.39, 0.29) is 46.8 Å². The molecule has 0 N–H and O–H groups in total. The van der Waals surface area contributed by atoms with Crippen molar-refractivity contribution in [2.75, 3.05) is 0 Å². The number of Topliss-reactive ketones (excluding diaryl/α,β-unsaturated/α-hetero) is 2. The molecule has 2 atom stereocenters. The van der Waals surface area contributed by atoms with Crippen LogP contribution >= 0.6 is 23.2 Å². The molecule has 2 aliphatic rings. The van der Waals surface area contributed by atoms with Gasteiger partial charge in [0.15, 0.2) is 11.6 Å². The lowest BCUT2D eigenvalue weighted by Gasteiger charge is -2.33. The topological polar surface area (TPSA) is 68.3 Å². The van der Waals surface area contributed by atoms with Gasteiger partial charge in [0, 0.05) is 68.8 Å². The number of hydrogen-bond acceptors (Lipinski definition) is 4. The van der Waals surface area contributed by atoms with Gasteiger partial charge in [-0.25, -0.2) is 0 Å². The molecule has 0 unspecified atom stereocenters. The van der Waals surface area contributed by atoms with Crippen LogP contribution in [0.15, 0.2) is 146 Å². The molecule has 0 heterocycles. The van der Waals surface area contributed by atoms with Crippen LogP contribution in [0.2, 0.25) is 10.0 Å². The first-order chi connectivity index (χ1) is 26.1. The summed E-state index contributed by atoms with van der Waals surface area (Å²) in [6.07, 6.45) is 0.812. The highest BCUT2D eigenvalue weighted by atomic mass is 35.5. The largest absolute Gasteiger partial charge is 0.300 e. The lowest BCUT2D eigenvalue weighted by atomic mass is 9.68. The fraction of sp³-hybridized carbons (Fsp3) is 0.167. The predicted molar refractivity (Wildman–Crippen MR) is 215 cm³/mol. The minimum absolute atomic E-state index is 0.0510. The standard InChI is InChI=1S/2C24H19ClO2/c2*1-15(26)14-22(16-10-12-17(25)13-11-16)23-18-6-2-4-8-20(18)24(27)21-9-5-3-7-19(21)23/h2*2-13,22-23H,14H2,1H3/t2*22-/m11/s1. The average molecular weight is 750 g/mol. The third kappa shape index (κ3) is 7.37. The molecule has 0 saturated carbocycles. The van der Waals surface area contributed by atoms with Crippen LogP contribution in [0, 0.1) is 0 Å². The van der Waals surface area contributed by atoms with Crippen LogP contribution in [-0.2, 0) is 9.59 Å². The third-order valence-electron chi connectivity index (χ3n) is 10.6. The maximum Gasteiger partial charge on any atom is 0.193 e. The molecule has 4 nitrogen and oxygen atoms in total. The first kappa shape index (κ1) is 36.9. The molecule has 0 amide bonds. The molecule has 8 rings (SSSR count). The van der Waals surface area contributed by atoms with E-state index in [1.54, 1.807) is 13.8 Å². The number of fused-ring (bicyclic) bond motifs is 4. The van der Waals surface area contributed by atoms with Crippen molar-refractivity contribution >= 4 is 46.3 Å². The zero-order valence-electron chi connectivity index (χ0n) is 30.0. The van der Waals surface area contributed by atoms with Gasteiger partial charge in [-0.15, -0.1) is 0 Å². The number of benzene rings is 6. The lowest BCUT2D eigenvalue weighted by molar-refractivity contribution is -0.118. The SMILES string of the molecule is CC(=O)C[C@H](c1ccc(Cl)cc1)C1c2ccccc2C(=O)c2ccccc21.CC(=O)C[C@H](c1ccc(Cl)cc1)C1c2ccccc2C(=O)c2ccccc21. The quantitative estimate of drug-likeness (QED) is 0.155. The molecule has 268 valence electrons. The maximum absolute atomic E-state index is 13.0. The van der Waals surface area contributed by atoms with E-state index in [2.05, 4.69) is 0 Å². The summed E-state index contributed by atoms with van der Waals surface area (Å²) in [5.41, 5.74) is 8.96. The number of hydrogen-bond donors (Lipinski definition) is 0. The van der Waals surface area contributed by atoms with Gasteiger partial charge in [0.2, 0.25) is 0 Å². The highest BCUT2D eigenvalue weighted by Crippen LogP contribution is 2.48. The second-order valence-corrected chi connectivity index (χ2v) is 15.0. The van der Waals surface area contributed by atoms with Crippen molar-refractivity contribution in [2.45, 2.75) is 50.4 Å². The van der Waals surface area contributed by atoms with Crippen LogP contribution in [0.3, 0.4) is 0 Å². The normalized spacial score (nSPS) is 14.4. The Morgan fingerprint density at radius 1 is 0.444 bits per heavy atom. The van der Waals surface area contributed by atoms with E-state index in [4.69, 9.17) is 23.2 Å². The van der Waals surface area contributed by atoms with Gasteiger partial charge in [-0.2, -0.15) is 0 Å². The summed E-state index contributed by atoms with van der Waals surface area (Å²) in [7, 11) is 0. The minimum atomic E-state index is -0.0600. The molecule has 6 aromatic carbocycles. The zero-order chi connectivity index (χ0) is 37.9. The molecule has 0 aromatic heterocycles. The second kappa shape index (κ2) is 15.9. The molecular weight excluding hydrogens is 711 g/mol. The van der Waals surface area contributed by atoms with Crippen molar-refractivity contribution in [1.82, 2.24) is 0 Å². The molecule has 2 aliphatic carbocycles. The van der Waals surface area contributed by atoms with E-state index >= 15 is 0 Å². The van der Waals surface area contributed by atoms with Gasteiger partial charge in [0.05, 0.1) is 0 Å². The monoisotopic (exact) mass is 748 g/mol. The number of ketones is 4. The minimum Gasteiger partial charge on any atom is -0.300 e. The average Bonchev–Trinajstić information content (AvgIpc) is 3.18. The summed E-state index contributed by atoms with van der Waals surface area (Å²) in [5.74, 6) is 0.125. The summed E-state index contributed by atoms with van der Waals surface area (Å²) in [6, 6.07) is 46.3.